The van der Waals surface area contributed by atoms with Crippen LogP contribution in [-0.4, -0.2) is 18.0 Å². The SMILES string of the molecule is COc1ccccc1NC(=O)CCc1cscn1. The van der Waals surface area contributed by atoms with E-state index in [-0.39, 0.29) is 5.91 Å². The quantitative estimate of drug-likeness (QED) is 0.901. The fourth-order valence-electron chi connectivity index (χ4n) is 1.56. The zero-order valence-corrected chi connectivity index (χ0v) is 10.9. The van der Waals surface area contributed by atoms with Gasteiger partial charge in [-0.2, -0.15) is 0 Å². The average molecular weight is 262 g/mol. The minimum atomic E-state index is -0.0347. The molecule has 0 aliphatic heterocycles. The first-order valence-electron chi connectivity index (χ1n) is 5.59. The first kappa shape index (κ1) is 12.6. The molecular formula is C13H14N2O2S. The molecular weight excluding hydrogens is 248 g/mol. The van der Waals surface area contributed by atoms with Crippen molar-refractivity contribution in [1.29, 1.82) is 0 Å². The lowest BCUT2D eigenvalue weighted by Crippen LogP contribution is -2.13. The van der Waals surface area contributed by atoms with E-state index in [2.05, 4.69) is 10.3 Å². The smallest absolute Gasteiger partial charge is 0.224 e. The first-order valence-corrected chi connectivity index (χ1v) is 6.54. The summed E-state index contributed by atoms with van der Waals surface area (Å²) in [6.07, 6.45) is 1.08. The highest BCUT2D eigenvalue weighted by molar-refractivity contribution is 7.07. The summed E-state index contributed by atoms with van der Waals surface area (Å²) in [5.74, 6) is 0.631. The highest BCUT2D eigenvalue weighted by atomic mass is 32.1. The second kappa shape index (κ2) is 6.16. The molecule has 0 saturated heterocycles. The highest BCUT2D eigenvalue weighted by Gasteiger charge is 2.07. The molecule has 1 amide bonds. The second-order valence-electron chi connectivity index (χ2n) is 3.73. The topological polar surface area (TPSA) is 51.2 Å². The number of hydrogen-bond acceptors (Lipinski definition) is 4. The summed E-state index contributed by atoms with van der Waals surface area (Å²) >= 11 is 1.54. The van der Waals surface area contributed by atoms with E-state index in [1.54, 1.807) is 12.6 Å². The van der Waals surface area contributed by atoms with Gasteiger partial charge in [-0.05, 0) is 18.6 Å². The van der Waals surface area contributed by atoms with Crippen LogP contribution in [0.3, 0.4) is 0 Å². The number of anilines is 1. The van der Waals surface area contributed by atoms with Crippen LogP contribution in [0, 0.1) is 0 Å². The standard InChI is InChI=1S/C13H14N2O2S/c1-17-12-5-3-2-4-11(12)15-13(16)7-6-10-8-18-9-14-10/h2-5,8-9H,6-7H2,1H3,(H,15,16). The molecule has 0 atom stereocenters. The number of methoxy groups -OCH3 is 1. The summed E-state index contributed by atoms with van der Waals surface area (Å²) in [6, 6.07) is 7.36. The van der Waals surface area contributed by atoms with E-state index >= 15 is 0 Å². The van der Waals surface area contributed by atoms with E-state index < -0.39 is 0 Å². The van der Waals surface area contributed by atoms with Crippen molar-refractivity contribution in [3.63, 3.8) is 0 Å². The lowest BCUT2D eigenvalue weighted by atomic mass is 10.2. The molecule has 0 aliphatic rings. The van der Waals surface area contributed by atoms with Gasteiger partial charge in [0.15, 0.2) is 0 Å². The van der Waals surface area contributed by atoms with Gasteiger partial charge in [0.2, 0.25) is 5.91 Å². The average Bonchev–Trinajstić information content (AvgIpc) is 2.90. The minimum Gasteiger partial charge on any atom is -0.495 e. The summed E-state index contributed by atoms with van der Waals surface area (Å²) < 4.78 is 5.17. The van der Waals surface area contributed by atoms with Crippen molar-refractivity contribution in [2.24, 2.45) is 0 Å². The third-order valence-electron chi connectivity index (χ3n) is 2.47. The molecule has 0 saturated carbocycles. The van der Waals surface area contributed by atoms with Gasteiger partial charge in [-0.3, -0.25) is 4.79 Å². The molecule has 1 heterocycles. The van der Waals surface area contributed by atoms with Gasteiger partial charge in [0.25, 0.3) is 0 Å². The third kappa shape index (κ3) is 3.30. The molecule has 0 unspecified atom stereocenters. The summed E-state index contributed by atoms with van der Waals surface area (Å²) in [5.41, 5.74) is 3.42. The van der Waals surface area contributed by atoms with Gasteiger partial charge in [-0.15, -0.1) is 11.3 Å². The van der Waals surface area contributed by atoms with E-state index in [0.29, 0.717) is 24.3 Å². The lowest BCUT2D eigenvalue weighted by molar-refractivity contribution is -0.116. The van der Waals surface area contributed by atoms with Crippen molar-refractivity contribution in [3.8, 4) is 5.75 Å². The van der Waals surface area contributed by atoms with Crippen LogP contribution in [0.4, 0.5) is 5.69 Å². The summed E-state index contributed by atoms with van der Waals surface area (Å²) in [7, 11) is 1.58. The van der Waals surface area contributed by atoms with Crippen LogP contribution < -0.4 is 10.1 Å². The monoisotopic (exact) mass is 262 g/mol. The maximum atomic E-state index is 11.8. The van der Waals surface area contributed by atoms with Crippen molar-refractivity contribution in [2.75, 3.05) is 12.4 Å². The second-order valence-corrected chi connectivity index (χ2v) is 4.45. The Kier molecular flexibility index (Phi) is 4.30. The van der Waals surface area contributed by atoms with Gasteiger partial charge in [-0.1, -0.05) is 12.1 Å². The van der Waals surface area contributed by atoms with Gasteiger partial charge in [-0.25, -0.2) is 4.98 Å². The number of benzene rings is 1. The summed E-state index contributed by atoms with van der Waals surface area (Å²) in [5, 5.41) is 4.79. The number of carbonyl (C=O) groups excluding carboxylic acids is 1. The zero-order chi connectivity index (χ0) is 12.8. The number of ether oxygens (including phenoxy) is 1. The molecule has 4 nitrogen and oxygen atoms in total. The fraction of sp³-hybridized carbons (Fsp3) is 0.231. The van der Waals surface area contributed by atoms with E-state index in [9.17, 15) is 4.79 Å². The number of para-hydroxylation sites is 2. The van der Waals surface area contributed by atoms with Crippen molar-refractivity contribution in [2.45, 2.75) is 12.8 Å². The Morgan fingerprint density at radius 2 is 2.28 bits per heavy atom. The molecule has 1 aromatic carbocycles. The maximum absolute atomic E-state index is 11.8. The van der Waals surface area contributed by atoms with Crippen molar-refractivity contribution < 1.29 is 9.53 Å². The largest absolute Gasteiger partial charge is 0.495 e. The van der Waals surface area contributed by atoms with Crippen LogP contribution in [0.2, 0.25) is 0 Å². The highest BCUT2D eigenvalue weighted by Crippen LogP contribution is 2.23. The van der Waals surface area contributed by atoms with Crippen LogP contribution in [0.25, 0.3) is 0 Å². The zero-order valence-electron chi connectivity index (χ0n) is 10.1. The number of rotatable bonds is 5. The number of amides is 1. The number of aryl methyl sites for hydroxylation is 1. The molecule has 94 valence electrons. The van der Waals surface area contributed by atoms with Crippen LogP contribution in [-0.2, 0) is 11.2 Å². The predicted molar refractivity (Wildman–Crippen MR) is 72.1 cm³/mol. The Labute approximate surface area is 110 Å². The van der Waals surface area contributed by atoms with Crippen LogP contribution in [0.5, 0.6) is 5.75 Å². The Hall–Kier alpha value is -1.88. The van der Waals surface area contributed by atoms with Gasteiger partial charge >= 0.3 is 0 Å². The van der Waals surface area contributed by atoms with Crippen molar-refractivity contribution in [1.82, 2.24) is 4.98 Å². The van der Waals surface area contributed by atoms with Gasteiger partial charge in [0.1, 0.15) is 5.75 Å². The number of nitrogens with zero attached hydrogens (tertiary/aromatic N) is 1. The molecule has 0 radical (unpaired) electrons. The Morgan fingerprint density at radius 3 is 3.00 bits per heavy atom. The third-order valence-corrected chi connectivity index (χ3v) is 3.11. The Morgan fingerprint density at radius 1 is 1.44 bits per heavy atom. The van der Waals surface area contributed by atoms with Crippen molar-refractivity contribution >= 4 is 22.9 Å². The Bertz CT molecular complexity index is 511. The van der Waals surface area contributed by atoms with E-state index in [1.165, 1.54) is 11.3 Å². The number of carbonyl (C=O) groups is 1. The van der Waals surface area contributed by atoms with Crippen LogP contribution in [0.1, 0.15) is 12.1 Å². The van der Waals surface area contributed by atoms with Crippen molar-refractivity contribution in [3.05, 3.63) is 40.8 Å². The molecule has 0 fully saturated rings. The van der Waals surface area contributed by atoms with E-state index in [0.717, 1.165) is 5.69 Å². The molecule has 2 aromatic rings. The van der Waals surface area contributed by atoms with E-state index in [1.807, 2.05) is 29.6 Å². The summed E-state index contributed by atoms with van der Waals surface area (Å²) in [4.78, 5) is 15.9. The lowest BCUT2D eigenvalue weighted by Gasteiger charge is -2.09. The van der Waals surface area contributed by atoms with Gasteiger partial charge in [0.05, 0.1) is 24.0 Å². The predicted octanol–water partition coefficient (Wildman–Crippen LogP) is 2.72. The van der Waals surface area contributed by atoms with Gasteiger partial charge < -0.3 is 10.1 Å². The molecule has 1 N–H and O–H groups in total. The van der Waals surface area contributed by atoms with Crippen LogP contribution >= 0.6 is 11.3 Å². The number of nitrogens with one attached hydrogen (secondary N) is 1. The van der Waals surface area contributed by atoms with Crippen LogP contribution in [0.15, 0.2) is 35.2 Å². The number of aromatic nitrogens is 1. The molecule has 18 heavy (non-hydrogen) atoms. The number of thiazole rings is 1. The molecule has 5 heteroatoms. The summed E-state index contributed by atoms with van der Waals surface area (Å²) in [6.45, 7) is 0. The first-order chi connectivity index (χ1) is 8.79. The molecule has 2 rings (SSSR count). The molecule has 0 bridgehead atoms. The fourth-order valence-corrected chi connectivity index (χ4v) is 2.16. The molecule has 0 aliphatic carbocycles. The maximum Gasteiger partial charge on any atom is 0.224 e. The molecule has 0 spiro atoms. The molecule has 1 aromatic heterocycles. The Balaban J connectivity index is 1.90. The minimum absolute atomic E-state index is 0.0347. The number of hydrogen-bond donors (Lipinski definition) is 1. The van der Waals surface area contributed by atoms with E-state index in [4.69, 9.17) is 4.74 Å². The van der Waals surface area contributed by atoms with Gasteiger partial charge in [0, 0.05) is 11.8 Å². The normalized spacial score (nSPS) is 10.1.